The Morgan fingerprint density at radius 3 is 2.67 bits per heavy atom. The van der Waals surface area contributed by atoms with Crippen LogP contribution in [0.1, 0.15) is 4.88 Å². The van der Waals surface area contributed by atoms with E-state index >= 15 is 0 Å². The minimum atomic E-state index is -0.0211. The number of nitrogens with zero attached hydrogens (tertiary/aromatic N) is 1. The third kappa shape index (κ3) is 3.60. The van der Waals surface area contributed by atoms with Gasteiger partial charge < -0.3 is 9.64 Å². The average Bonchev–Trinajstić information content (AvgIpc) is 2.90. The number of amides is 1. The first-order chi connectivity index (χ1) is 8.75. The van der Waals surface area contributed by atoms with Crippen LogP contribution in [0.15, 0.2) is 47.8 Å². The summed E-state index contributed by atoms with van der Waals surface area (Å²) in [6.45, 7) is 0.709. The van der Waals surface area contributed by atoms with Crippen molar-refractivity contribution in [1.29, 1.82) is 0 Å². The van der Waals surface area contributed by atoms with E-state index in [-0.39, 0.29) is 12.5 Å². The minimum Gasteiger partial charge on any atom is -0.484 e. The van der Waals surface area contributed by atoms with E-state index < -0.39 is 0 Å². The zero-order valence-corrected chi connectivity index (χ0v) is 11.0. The molecule has 0 spiro atoms. The van der Waals surface area contributed by atoms with Crippen molar-refractivity contribution in [2.24, 2.45) is 0 Å². The molecule has 0 aliphatic heterocycles. The molecule has 0 atom stereocenters. The molecule has 0 N–H and O–H groups in total. The Morgan fingerprint density at radius 2 is 2.00 bits per heavy atom. The highest BCUT2D eigenvalue weighted by atomic mass is 32.1. The van der Waals surface area contributed by atoms with Crippen LogP contribution in [0, 0.1) is 0 Å². The van der Waals surface area contributed by atoms with Crippen molar-refractivity contribution in [3.63, 3.8) is 0 Å². The first-order valence-electron chi connectivity index (χ1n) is 5.70. The van der Waals surface area contributed by atoms with Gasteiger partial charge in [-0.1, -0.05) is 24.3 Å². The topological polar surface area (TPSA) is 29.5 Å². The van der Waals surface area contributed by atoms with Crippen LogP contribution in [0.2, 0.25) is 0 Å². The number of ether oxygens (including phenoxy) is 1. The summed E-state index contributed by atoms with van der Waals surface area (Å²) in [7, 11) is 1.79. The highest BCUT2D eigenvalue weighted by Gasteiger charge is 2.10. The quantitative estimate of drug-likeness (QED) is 0.828. The summed E-state index contributed by atoms with van der Waals surface area (Å²) < 4.78 is 5.42. The number of likely N-dealkylation sites (N-methyl/N-ethyl adjacent to an activating group) is 1. The number of carbonyl (C=O) groups is 1. The molecule has 1 heterocycles. The predicted molar refractivity (Wildman–Crippen MR) is 72.7 cm³/mol. The summed E-state index contributed by atoms with van der Waals surface area (Å²) in [5.74, 6) is 0.697. The van der Waals surface area contributed by atoms with E-state index in [9.17, 15) is 4.79 Å². The number of benzene rings is 1. The van der Waals surface area contributed by atoms with Crippen LogP contribution >= 0.6 is 11.3 Å². The summed E-state index contributed by atoms with van der Waals surface area (Å²) in [6.07, 6.45) is 0. The molecule has 0 saturated carbocycles. The summed E-state index contributed by atoms with van der Waals surface area (Å²) >= 11 is 1.65. The Balaban J connectivity index is 1.81. The number of hydrogen-bond acceptors (Lipinski definition) is 3. The van der Waals surface area contributed by atoms with Crippen molar-refractivity contribution >= 4 is 17.2 Å². The number of rotatable bonds is 5. The standard InChI is InChI=1S/C14H15NO2S/c1-15(10-13-8-5-9-18-13)14(16)11-17-12-6-3-2-4-7-12/h2-9H,10-11H2,1H3. The van der Waals surface area contributed by atoms with Crippen LogP contribution in [-0.2, 0) is 11.3 Å². The van der Waals surface area contributed by atoms with Crippen LogP contribution in [0.4, 0.5) is 0 Å². The molecule has 0 radical (unpaired) electrons. The first kappa shape index (κ1) is 12.6. The first-order valence-corrected chi connectivity index (χ1v) is 6.58. The fourth-order valence-corrected chi connectivity index (χ4v) is 2.25. The maximum Gasteiger partial charge on any atom is 0.260 e. The monoisotopic (exact) mass is 261 g/mol. The molecule has 0 saturated heterocycles. The van der Waals surface area contributed by atoms with E-state index in [0.717, 1.165) is 5.75 Å². The van der Waals surface area contributed by atoms with E-state index in [0.29, 0.717) is 6.54 Å². The lowest BCUT2D eigenvalue weighted by Crippen LogP contribution is -2.30. The van der Waals surface area contributed by atoms with Crippen molar-refractivity contribution in [3.8, 4) is 5.75 Å². The molecular weight excluding hydrogens is 246 g/mol. The van der Waals surface area contributed by atoms with Gasteiger partial charge in [-0.05, 0) is 23.6 Å². The maximum absolute atomic E-state index is 11.8. The molecule has 0 fully saturated rings. The molecule has 2 aromatic rings. The van der Waals surface area contributed by atoms with Gasteiger partial charge in [0.25, 0.3) is 5.91 Å². The van der Waals surface area contributed by atoms with Gasteiger partial charge >= 0.3 is 0 Å². The normalized spacial score (nSPS) is 10.1. The SMILES string of the molecule is CN(Cc1cccs1)C(=O)COc1ccccc1. The molecule has 4 heteroatoms. The minimum absolute atomic E-state index is 0.0211. The zero-order chi connectivity index (χ0) is 12.8. The zero-order valence-electron chi connectivity index (χ0n) is 10.2. The second-order valence-corrected chi connectivity index (χ2v) is 4.96. The summed E-state index contributed by atoms with van der Waals surface area (Å²) in [4.78, 5) is 14.7. The molecule has 0 bridgehead atoms. The maximum atomic E-state index is 11.8. The number of para-hydroxylation sites is 1. The molecule has 1 amide bonds. The molecule has 18 heavy (non-hydrogen) atoms. The summed E-state index contributed by atoms with van der Waals surface area (Å²) in [5.41, 5.74) is 0. The van der Waals surface area contributed by atoms with Crippen molar-refractivity contribution in [2.45, 2.75) is 6.54 Å². The molecule has 0 unspecified atom stereocenters. The van der Waals surface area contributed by atoms with Crippen LogP contribution in [0.25, 0.3) is 0 Å². The highest BCUT2D eigenvalue weighted by Crippen LogP contribution is 2.12. The second-order valence-electron chi connectivity index (χ2n) is 3.93. The molecule has 94 valence electrons. The smallest absolute Gasteiger partial charge is 0.260 e. The van der Waals surface area contributed by atoms with Crippen molar-refractivity contribution in [1.82, 2.24) is 4.90 Å². The third-order valence-electron chi connectivity index (χ3n) is 2.50. The molecule has 1 aromatic carbocycles. The molecule has 0 aliphatic rings. The third-order valence-corrected chi connectivity index (χ3v) is 3.37. The Kier molecular flexibility index (Phi) is 4.36. The van der Waals surface area contributed by atoms with E-state index in [1.807, 2.05) is 47.8 Å². The summed E-state index contributed by atoms with van der Waals surface area (Å²) in [6, 6.07) is 13.4. The Bertz CT molecular complexity index is 482. The van der Waals surface area contributed by atoms with Crippen LogP contribution in [0.5, 0.6) is 5.75 Å². The van der Waals surface area contributed by atoms with Gasteiger partial charge in [-0.25, -0.2) is 0 Å². The molecule has 3 nitrogen and oxygen atoms in total. The van der Waals surface area contributed by atoms with Gasteiger partial charge in [-0.3, -0.25) is 4.79 Å². The van der Waals surface area contributed by atoms with Crippen molar-refractivity contribution < 1.29 is 9.53 Å². The Morgan fingerprint density at radius 1 is 1.22 bits per heavy atom. The van der Waals surface area contributed by atoms with Crippen LogP contribution < -0.4 is 4.74 Å². The number of thiophene rings is 1. The lowest BCUT2D eigenvalue weighted by molar-refractivity contribution is -0.132. The molecular formula is C14H15NO2S. The van der Waals surface area contributed by atoms with E-state index in [1.54, 1.807) is 23.3 Å². The predicted octanol–water partition coefficient (Wildman–Crippen LogP) is 2.79. The van der Waals surface area contributed by atoms with E-state index in [2.05, 4.69) is 0 Å². The highest BCUT2D eigenvalue weighted by molar-refractivity contribution is 7.09. The molecule has 1 aromatic heterocycles. The van der Waals surface area contributed by atoms with Crippen molar-refractivity contribution in [3.05, 3.63) is 52.7 Å². The van der Waals surface area contributed by atoms with Crippen LogP contribution in [-0.4, -0.2) is 24.5 Å². The van der Waals surface area contributed by atoms with Gasteiger partial charge in [0.1, 0.15) is 5.75 Å². The number of carbonyl (C=O) groups excluding carboxylic acids is 1. The molecule has 2 rings (SSSR count). The number of hydrogen-bond donors (Lipinski definition) is 0. The fraction of sp³-hybridized carbons (Fsp3) is 0.214. The summed E-state index contributed by atoms with van der Waals surface area (Å²) in [5, 5.41) is 2.01. The van der Waals surface area contributed by atoms with Gasteiger partial charge in [0.05, 0.1) is 6.54 Å². The van der Waals surface area contributed by atoms with Crippen LogP contribution in [0.3, 0.4) is 0 Å². The van der Waals surface area contributed by atoms with Gasteiger partial charge in [-0.15, -0.1) is 11.3 Å². The Labute approximate surface area is 111 Å². The van der Waals surface area contributed by atoms with E-state index in [1.165, 1.54) is 4.88 Å². The fourth-order valence-electron chi connectivity index (χ4n) is 1.50. The lowest BCUT2D eigenvalue weighted by atomic mass is 10.3. The average molecular weight is 261 g/mol. The van der Waals surface area contributed by atoms with Gasteiger partial charge in [-0.2, -0.15) is 0 Å². The molecule has 0 aliphatic carbocycles. The van der Waals surface area contributed by atoms with Crippen molar-refractivity contribution in [2.75, 3.05) is 13.7 Å². The second kappa shape index (κ2) is 6.21. The van der Waals surface area contributed by atoms with Gasteiger partial charge in [0, 0.05) is 11.9 Å². The Hall–Kier alpha value is -1.81. The largest absolute Gasteiger partial charge is 0.484 e. The van der Waals surface area contributed by atoms with E-state index in [4.69, 9.17) is 4.74 Å². The van der Waals surface area contributed by atoms with Gasteiger partial charge in [0.2, 0.25) is 0 Å². The lowest BCUT2D eigenvalue weighted by Gasteiger charge is -2.16. The van der Waals surface area contributed by atoms with Gasteiger partial charge in [0.15, 0.2) is 6.61 Å².